The first-order chi connectivity index (χ1) is 17.0. The van der Waals surface area contributed by atoms with Gasteiger partial charge in [0.05, 0.1) is 12.5 Å². The number of nitrogens with one attached hydrogen (secondary N) is 1. The lowest BCUT2D eigenvalue weighted by Crippen LogP contribution is -2.48. The second-order valence-electron chi connectivity index (χ2n) is 9.38. The van der Waals surface area contributed by atoms with Gasteiger partial charge in [0.2, 0.25) is 0 Å². The van der Waals surface area contributed by atoms with E-state index in [1.165, 1.54) is 0 Å². The SMILES string of the molecule is CCN(C(=O)C(C#N)=Cc1cccc(CCOC(=O)N[C@@H](Cc2ccccc2)B(O)O)c1)C(C)(C)C. The van der Waals surface area contributed by atoms with Gasteiger partial charge in [-0.25, -0.2) is 4.79 Å². The van der Waals surface area contributed by atoms with Gasteiger partial charge in [-0.3, -0.25) is 4.79 Å². The van der Waals surface area contributed by atoms with Crippen molar-refractivity contribution < 1.29 is 24.4 Å². The van der Waals surface area contributed by atoms with Crippen LogP contribution in [0.1, 0.15) is 44.4 Å². The number of nitriles is 1. The minimum Gasteiger partial charge on any atom is -0.449 e. The number of carbonyl (C=O) groups is 2. The Kier molecular flexibility index (Phi) is 10.7. The van der Waals surface area contributed by atoms with Gasteiger partial charge in [-0.15, -0.1) is 0 Å². The van der Waals surface area contributed by atoms with E-state index in [0.29, 0.717) is 18.5 Å². The second-order valence-corrected chi connectivity index (χ2v) is 9.38. The van der Waals surface area contributed by atoms with Crippen molar-refractivity contribution in [3.63, 3.8) is 0 Å². The van der Waals surface area contributed by atoms with E-state index in [2.05, 4.69) is 5.32 Å². The Morgan fingerprint density at radius 2 is 1.81 bits per heavy atom. The van der Waals surface area contributed by atoms with Gasteiger partial charge in [0.1, 0.15) is 11.6 Å². The van der Waals surface area contributed by atoms with E-state index in [4.69, 9.17) is 4.74 Å². The zero-order chi connectivity index (χ0) is 26.7. The smallest absolute Gasteiger partial charge is 0.449 e. The largest absolute Gasteiger partial charge is 0.475 e. The molecule has 0 unspecified atom stereocenters. The summed E-state index contributed by atoms with van der Waals surface area (Å²) in [6.45, 7) is 8.19. The van der Waals surface area contributed by atoms with Crippen LogP contribution in [0.2, 0.25) is 0 Å². The van der Waals surface area contributed by atoms with Crippen LogP contribution in [0.3, 0.4) is 0 Å². The third-order valence-electron chi connectivity index (χ3n) is 5.57. The number of alkyl carbamates (subject to hydrolysis) is 1. The number of carbonyl (C=O) groups excluding carboxylic acids is 2. The van der Waals surface area contributed by atoms with E-state index < -0.39 is 24.7 Å². The van der Waals surface area contributed by atoms with Crippen molar-refractivity contribution in [3.8, 4) is 6.07 Å². The first kappa shape index (κ1) is 28.6. The summed E-state index contributed by atoms with van der Waals surface area (Å²) in [5, 5.41) is 31.3. The maximum atomic E-state index is 12.9. The van der Waals surface area contributed by atoms with Crippen molar-refractivity contribution in [2.45, 2.75) is 52.0 Å². The van der Waals surface area contributed by atoms with Crippen LogP contribution in [-0.2, 0) is 22.4 Å². The van der Waals surface area contributed by atoms with Crippen molar-refractivity contribution in [1.82, 2.24) is 10.2 Å². The first-order valence-corrected chi connectivity index (χ1v) is 11.9. The summed E-state index contributed by atoms with van der Waals surface area (Å²) in [5.74, 6) is -1.24. The minimum absolute atomic E-state index is 0.0478. The van der Waals surface area contributed by atoms with Crippen LogP contribution >= 0.6 is 0 Å². The first-order valence-electron chi connectivity index (χ1n) is 11.9. The maximum Gasteiger partial charge on any atom is 0.475 e. The molecular weight excluding hydrogens is 457 g/mol. The second kappa shape index (κ2) is 13.5. The van der Waals surface area contributed by atoms with Crippen LogP contribution in [0.5, 0.6) is 0 Å². The molecule has 3 N–H and O–H groups in total. The molecule has 2 rings (SSSR count). The Hall–Kier alpha value is -3.61. The summed E-state index contributed by atoms with van der Waals surface area (Å²) in [6, 6.07) is 18.5. The highest BCUT2D eigenvalue weighted by atomic mass is 16.5. The average molecular weight is 491 g/mol. The summed E-state index contributed by atoms with van der Waals surface area (Å²) in [5.41, 5.74) is 2.03. The van der Waals surface area contributed by atoms with Gasteiger partial charge in [0.25, 0.3) is 5.91 Å². The molecule has 36 heavy (non-hydrogen) atoms. The molecule has 1 atom stereocenters. The Morgan fingerprint density at radius 1 is 1.14 bits per heavy atom. The van der Waals surface area contributed by atoms with Crippen LogP contribution in [0, 0.1) is 11.3 Å². The number of ether oxygens (including phenoxy) is 1. The highest BCUT2D eigenvalue weighted by Crippen LogP contribution is 2.18. The lowest BCUT2D eigenvalue weighted by Gasteiger charge is -2.34. The summed E-state index contributed by atoms with van der Waals surface area (Å²) < 4.78 is 5.23. The molecule has 0 saturated heterocycles. The molecule has 0 aliphatic carbocycles. The molecule has 0 bridgehead atoms. The van der Waals surface area contributed by atoms with Crippen molar-refractivity contribution in [3.05, 3.63) is 76.9 Å². The summed E-state index contributed by atoms with van der Waals surface area (Å²) in [7, 11) is -1.74. The molecule has 0 heterocycles. The molecule has 8 nitrogen and oxygen atoms in total. The van der Waals surface area contributed by atoms with E-state index >= 15 is 0 Å². The topological polar surface area (TPSA) is 123 Å². The van der Waals surface area contributed by atoms with Gasteiger partial charge in [0.15, 0.2) is 0 Å². The molecule has 0 saturated carbocycles. The summed E-state index contributed by atoms with van der Waals surface area (Å²) in [6.07, 6.45) is 1.45. The zero-order valence-corrected chi connectivity index (χ0v) is 21.3. The average Bonchev–Trinajstić information content (AvgIpc) is 2.82. The van der Waals surface area contributed by atoms with Crippen molar-refractivity contribution in [1.29, 1.82) is 5.26 Å². The predicted molar refractivity (Wildman–Crippen MR) is 139 cm³/mol. The predicted octanol–water partition coefficient (Wildman–Crippen LogP) is 3.13. The van der Waals surface area contributed by atoms with Crippen LogP contribution in [-0.4, -0.2) is 58.7 Å². The number of nitrogens with zero attached hydrogens (tertiary/aromatic N) is 2. The molecule has 2 amide bonds. The molecule has 190 valence electrons. The van der Waals surface area contributed by atoms with Crippen molar-refractivity contribution >= 4 is 25.2 Å². The molecule has 9 heteroatoms. The molecule has 2 aromatic carbocycles. The molecule has 2 aromatic rings. The highest BCUT2D eigenvalue weighted by Gasteiger charge is 2.27. The number of rotatable bonds is 10. The lowest BCUT2D eigenvalue weighted by molar-refractivity contribution is -0.130. The van der Waals surface area contributed by atoms with Crippen LogP contribution in [0.15, 0.2) is 60.2 Å². The lowest BCUT2D eigenvalue weighted by atomic mass is 9.76. The zero-order valence-electron chi connectivity index (χ0n) is 21.3. The van der Waals surface area contributed by atoms with E-state index in [-0.39, 0.29) is 24.5 Å². The van der Waals surface area contributed by atoms with E-state index in [1.807, 2.05) is 76.2 Å². The van der Waals surface area contributed by atoms with Crippen molar-refractivity contribution in [2.24, 2.45) is 0 Å². The monoisotopic (exact) mass is 491 g/mol. The Bertz CT molecular complexity index is 1090. The third-order valence-corrected chi connectivity index (χ3v) is 5.57. The molecule has 0 radical (unpaired) electrons. The quantitative estimate of drug-likeness (QED) is 0.267. The van der Waals surface area contributed by atoms with E-state index in [0.717, 1.165) is 11.1 Å². The normalized spacial score (nSPS) is 12.3. The van der Waals surface area contributed by atoms with Gasteiger partial charge in [-0.05, 0) is 56.9 Å². The number of benzene rings is 2. The molecule has 0 spiro atoms. The number of likely N-dealkylation sites (N-methyl/N-ethyl adjacent to an activating group) is 1. The fourth-order valence-electron chi connectivity index (χ4n) is 3.77. The van der Waals surface area contributed by atoms with Gasteiger partial charge < -0.3 is 25.0 Å². The molecule has 0 fully saturated rings. The van der Waals surface area contributed by atoms with Gasteiger partial charge in [0, 0.05) is 18.5 Å². The third kappa shape index (κ3) is 8.88. The number of amides is 2. The fourth-order valence-corrected chi connectivity index (χ4v) is 3.77. The summed E-state index contributed by atoms with van der Waals surface area (Å²) in [4.78, 5) is 26.7. The van der Waals surface area contributed by atoms with E-state index in [1.54, 1.807) is 23.1 Å². The van der Waals surface area contributed by atoms with Gasteiger partial charge >= 0.3 is 13.2 Å². The molecule has 0 aliphatic rings. The standard InChI is InChI=1S/C27H34BN3O5/c1-5-31(27(2,3)4)25(32)23(19-29)17-22-13-9-12-21(16-22)14-15-36-26(33)30-24(28(34)35)18-20-10-7-6-8-11-20/h6-13,16-17,24,34-35H,5,14-15,18H2,1-4H3,(H,30,33)/t24-/m0/s1. The van der Waals surface area contributed by atoms with Crippen LogP contribution in [0.4, 0.5) is 4.79 Å². The van der Waals surface area contributed by atoms with Gasteiger partial charge in [-0.2, -0.15) is 5.26 Å². The van der Waals surface area contributed by atoms with Crippen LogP contribution in [0.25, 0.3) is 6.08 Å². The molecular formula is C27H34BN3O5. The van der Waals surface area contributed by atoms with Gasteiger partial charge in [-0.1, -0.05) is 54.6 Å². The summed E-state index contributed by atoms with van der Waals surface area (Å²) >= 11 is 0. The Morgan fingerprint density at radius 3 is 2.39 bits per heavy atom. The van der Waals surface area contributed by atoms with Crippen molar-refractivity contribution in [2.75, 3.05) is 13.2 Å². The van der Waals surface area contributed by atoms with Crippen LogP contribution < -0.4 is 5.32 Å². The fraction of sp³-hybridized carbons (Fsp3) is 0.370. The highest BCUT2D eigenvalue weighted by molar-refractivity contribution is 6.43. The minimum atomic E-state index is -1.74. The number of hydrogen-bond donors (Lipinski definition) is 3. The maximum absolute atomic E-state index is 12.9. The Labute approximate surface area is 213 Å². The Balaban J connectivity index is 1.98. The molecule has 0 aromatic heterocycles. The van der Waals surface area contributed by atoms with E-state index in [9.17, 15) is 24.9 Å². The number of hydrogen-bond acceptors (Lipinski definition) is 6. The molecule has 0 aliphatic heterocycles.